The van der Waals surface area contributed by atoms with E-state index < -0.39 is 18.0 Å². The number of nitrogens with two attached hydrogens (primary N) is 3. The fourth-order valence-corrected chi connectivity index (χ4v) is 6.00. The van der Waals surface area contributed by atoms with Gasteiger partial charge in [0, 0.05) is 39.1 Å². The number of ketones is 2. The van der Waals surface area contributed by atoms with Crippen molar-refractivity contribution < 1.29 is 62.3 Å². The summed E-state index contributed by atoms with van der Waals surface area (Å²) in [4.78, 5) is 68.6. The van der Waals surface area contributed by atoms with Crippen LogP contribution in [0.1, 0.15) is 149 Å². The molecule has 388 valence electrons. The number of aliphatic hydroxyl groups is 1. The van der Waals surface area contributed by atoms with E-state index in [1.807, 2.05) is 0 Å². The predicted octanol–water partition coefficient (Wildman–Crippen LogP) is 2.92. The second-order valence-electron chi connectivity index (χ2n) is 16.3. The first-order chi connectivity index (χ1) is 31.9. The molecule has 0 spiro atoms. The van der Waals surface area contributed by atoms with Crippen molar-refractivity contribution >= 4 is 35.2 Å². The summed E-state index contributed by atoms with van der Waals surface area (Å²) in [6.07, 6.45) is 23.2. The van der Waals surface area contributed by atoms with Crippen LogP contribution in [0.4, 0.5) is 0 Å². The number of ether oxygens (including phenoxy) is 6. The van der Waals surface area contributed by atoms with Crippen LogP contribution in [0.5, 0.6) is 0 Å². The number of hydrogen-bond donors (Lipinski definition) is 7. The Morgan fingerprint density at radius 2 is 0.879 bits per heavy atom. The van der Waals surface area contributed by atoms with E-state index in [0.29, 0.717) is 85.0 Å². The Hall–Kier alpha value is -3.14. The molecule has 0 aromatic carbocycles. The maximum atomic E-state index is 12.0. The van der Waals surface area contributed by atoms with Gasteiger partial charge < -0.3 is 66.7 Å². The number of carbonyl (C=O) groups is 6. The van der Waals surface area contributed by atoms with Crippen LogP contribution >= 0.6 is 0 Å². The second-order valence-corrected chi connectivity index (χ2v) is 16.3. The van der Waals surface area contributed by atoms with E-state index in [4.69, 9.17) is 45.0 Å². The van der Waals surface area contributed by atoms with Gasteiger partial charge in [0.15, 0.2) is 5.78 Å². The van der Waals surface area contributed by atoms with Crippen LogP contribution in [0.3, 0.4) is 0 Å². The van der Waals surface area contributed by atoms with E-state index in [1.54, 1.807) is 0 Å². The van der Waals surface area contributed by atoms with Crippen LogP contribution in [0.15, 0.2) is 0 Å². The molecule has 0 aromatic heterocycles. The van der Waals surface area contributed by atoms with E-state index in [1.165, 1.54) is 90.4 Å². The van der Waals surface area contributed by atoms with Gasteiger partial charge in [-0.2, -0.15) is 0 Å². The number of carbonyl (C=O) groups excluding carboxylic acids is 6. The van der Waals surface area contributed by atoms with Crippen molar-refractivity contribution in [1.82, 2.24) is 16.0 Å². The van der Waals surface area contributed by atoms with Gasteiger partial charge in [-0.15, -0.1) is 0 Å². The summed E-state index contributed by atoms with van der Waals surface area (Å²) in [5.74, 6) is -1.14. The maximum Gasteiger partial charge on any atom is 0.246 e. The van der Waals surface area contributed by atoms with E-state index in [2.05, 4.69) is 28.6 Å². The van der Waals surface area contributed by atoms with Crippen molar-refractivity contribution in [3.05, 3.63) is 0 Å². The monoisotopic (exact) mass is 949 g/mol. The molecule has 4 amide bonds. The molecular formula is C47H92N6O13. The minimum Gasteiger partial charge on any atom is -0.394 e. The molecule has 0 saturated carbocycles. The molecule has 0 fully saturated rings. The summed E-state index contributed by atoms with van der Waals surface area (Å²) < 4.78 is 32.3. The normalized spacial score (nSPS) is 11.9. The van der Waals surface area contributed by atoms with E-state index in [9.17, 15) is 28.8 Å². The average Bonchev–Trinajstić information content (AvgIpc) is 3.29. The lowest BCUT2D eigenvalue weighted by Gasteiger charge is -2.09. The van der Waals surface area contributed by atoms with Crippen molar-refractivity contribution in [3.8, 4) is 0 Å². The summed E-state index contributed by atoms with van der Waals surface area (Å²) in [7, 11) is 0. The SMILES string of the molecule is CCCCCCCCCCCCCCCCCC(=O)NCCOCCOCC(=O)CCCOCCOCC(=O)NCCOCCOCC(=O)NCCCC[C@H](N)C(C)=O.NC(=O)[C@@H](N)CO. The van der Waals surface area contributed by atoms with Gasteiger partial charge in [-0.05, 0) is 39.0 Å². The summed E-state index contributed by atoms with van der Waals surface area (Å²) in [5, 5.41) is 16.4. The Morgan fingerprint density at radius 1 is 0.455 bits per heavy atom. The van der Waals surface area contributed by atoms with Crippen molar-refractivity contribution in [2.45, 2.75) is 161 Å². The van der Waals surface area contributed by atoms with Gasteiger partial charge in [-0.25, -0.2) is 0 Å². The molecule has 0 heterocycles. The fraction of sp³-hybridized carbons (Fsp3) is 0.872. The Balaban J connectivity index is 0. The zero-order chi connectivity index (χ0) is 49.1. The van der Waals surface area contributed by atoms with Crippen molar-refractivity contribution in [3.63, 3.8) is 0 Å². The highest BCUT2D eigenvalue weighted by Crippen LogP contribution is 2.13. The minimum absolute atomic E-state index is 0.0105. The quantitative estimate of drug-likeness (QED) is 0.0432. The highest BCUT2D eigenvalue weighted by Gasteiger charge is 2.09. The van der Waals surface area contributed by atoms with Crippen molar-refractivity contribution in [1.29, 1.82) is 0 Å². The highest BCUT2D eigenvalue weighted by molar-refractivity contribution is 5.81. The lowest BCUT2D eigenvalue weighted by molar-refractivity contribution is -0.127. The number of hydrogen-bond acceptors (Lipinski definition) is 15. The number of unbranched alkanes of at least 4 members (excludes halogenated alkanes) is 15. The largest absolute Gasteiger partial charge is 0.394 e. The first kappa shape index (κ1) is 64.9. The zero-order valence-electron chi connectivity index (χ0n) is 40.9. The van der Waals surface area contributed by atoms with E-state index >= 15 is 0 Å². The van der Waals surface area contributed by atoms with Crippen LogP contribution in [-0.4, -0.2) is 158 Å². The summed E-state index contributed by atoms with van der Waals surface area (Å²) in [6.45, 7) is 7.39. The number of rotatable bonds is 49. The Kier molecular flexibility index (Phi) is 50.4. The topological polar surface area (TPSA) is 292 Å². The predicted molar refractivity (Wildman–Crippen MR) is 254 cm³/mol. The number of nitrogens with one attached hydrogen (secondary N) is 3. The number of amides is 4. The third-order valence-electron chi connectivity index (χ3n) is 10.1. The molecule has 10 N–H and O–H groups in total. The molecule has 0 aromatic rings. The summed E-state index contributed by atoms with van der Waals surface area (Å²) in [5.41, 5.74) is 15.2. The Morgan fingerprint density at radius 3 is 1.33 bits per heavy atom. The molecule has 0 rings (SSSR count). The van der Waals surface area contributed by atoms with Gasteiger partial charge in [0.05, 0.1) is 65.5 Å². The Labute approximate surface area is 396 Å². The molecule has 19 nitrogen and oxygen atoms in total. The molecule has 0 aliphatic heterocycles. The molecule has 0 unspecified atom stereocenters. The molecule has 0 bridgehead atoms. The fourth-order valence-electron chi connectivity index (χ4n) is 6.00. The third kappa shape index (κ3) is 51.8. The highest BCUT2D eigenvalue weighted by atomic mass is 16.5. The second kappa shape index (κ2) is 51.3. The van der Waals surface area contributed by atoms with Crippen LogP contribution in [0.2, 0.25) is 0 Å². The molecule has 19 heteroatoms. The Bertz CT molecular complexity index is 1190. The molecule has 0 aliphatic carbocycles. The summed E-state index contributed by atoms with van der Waals surface area (Å²) >= 11 is 0. The minimum atomic E-state index is -0.903. The van der Waals surface area contributed by atoms with Crippen LogP contribution in [0, 0.1) is 0 Å². The smallest absolute Gasteiger partial charge is 0.246 e. The van der Waals surface area contributed by atoms with Crippen LogP contribution in [-0.2, 0) is 57.2 Å². The van der Waals surface area contributed by atoms with Crippen LogP contribution < -0.4 is 33.2 Å². The van der Waals surface area contributed by atoms with Crippen molar-refractivity contribution in [2.75, 3.05) is 106 Å². The number of aliphatic hydroxyl groups excluding tert-OH is 1. The van der Waals surface area contributed by atoms with Gasteiger partial charge in [0.2, 0.25) is 23.6 Å². The lowest BCUT2D eigenvalue weighted by atomic mass is 10.0. The zero-order valence-corrected chi connectivity index (χ0v) is 40.9. The first-order valence-corrected chi connectivity index (χ1v) is 24.6. The summed E-state index contributed by atoms with van der Waals surface area (Å²) in [6, 6.07) is -1.34. The van der Waals surface area contributed by atoms with Gasteiger partial charge in [-0.3, -0.25) is 28.8 Å². The lowest BCUT2D eigenvalue weighted by Crippen LogP contribution is -2.39. The van der Waals surface area contributed by atoms with E-state index in [-0.39, 0.29) is 75.5 Å². The first-order valence-electron chi connectivity index (χ1n) is 24.6. The van der Waals surface area contributed by atoms with E-state index in [0.717, 1.165) is 25.7 Å². The number of Topliss-reactive ketones (excluding diaryl/α,β-unsaturated/α-hetero) is 2. The molecule has 0 aliphatic rings. The van der Waals surface area contributed by atoms with Gasteiger partial charge in [0.25, 0.3) is 0 Å². The molecule has 66 heavy (non-hydrogen) atoms. The van der Waals surface area contributed by atoms with Gasteiger partial charge in [-0.1, -0.05) is 96.8 Å². The maximum absolute atomic E-state index is 12.0. The van der Waals surface area contributed by atoms with Gasteiger partial charge in [0.1, 0.15) is 31.6 Å². The van der Waals surface area contributed by atoms with Gasteiger partial charge >= 0.3 is 0 Å². The average molecular weight is 949 g/mol. The number of primary amides is 1. The molecular weight excluding hydrogens is 857 g/mol. The molecule has 2 atom stereocenters. The third-order valence-corrected chi connectivity index (χ3v) is 10.1. The molecule has 0 radical (unpaired) electrons. The standard InChI is InChI=1S/C44H84N4O11.C3H8N2O2/c1-3-4-5-6-7-8-9-10-11-12-13-14-15-16-17-23-42(51)47-25-28-55-31-33-57-36-40(50)21-20-27-54-30-34-58-38-44(53)48-26-29-56-32-35-59-37-43(52)46-24-19-18-22-41(45)39(2)49;4-2(1-6)3(5)7/h41H,3-38,45H2,1-2H3,(H,46,52)(H,47,51)(H,48,53);2,6H,1,4H2,(H2,5,7)/t41-;2-/m00/s1. The van der Waals surface area contributed by atoms with Crippen molar-refractivity contribution in [2.24, 2.45) is 17.2 Å². The van der Waals surface area contributed by atoms with Crippen LogP contribution in [0.25, 0.3) is 0 Å². The molecule has 0 saturated heterocycles.